The average molecular weight is 231 g/mol. The predicted molar refractivity (Wildman–Crippen MR) is 71.3 cm³/mol. The molecule has 92 valence electrons. The number of ketones is 1. The normalized spacial score (nSPS) is 15.7. The van der Waals surface area contributed by atoms with Gasteiger partial charge < -0.3 is 5.32 Å². The number of carbonyl (C=O) groups excluding carboxylic acids is 1. The van der Waals surface area contributed by atoms with Crippen molar-refractivity contribution in [2.75, 3.05) is 5.32 Å². The van der Waals surface area contributed by atoms with E-state index in [1.807, 2.05) is 12.1 Å². The Morgan fingerprint density at radius 3 is 2.29 bits per heavy atom. The highest BCUT2D eigenvalue weighted by Gasteiger charge is 2.28. The van der Waals surface area contributed by atoms with Crippen molar-refractivity contribution in [3.63, 3.8) is 0 Å². The fraction of sp³-hybridized carbons (Fsp3) is 0.533. The molecule has 2 rings (SSSR count). The van der Waals surface area contributed by atoms with Crippen LogP contribution in [0.15, 0.2) is 24.3 Å². The van der Waals surface area contributed by atoms with Gasteiger partial charge in [-0.2, -0.15) is 0 Å². The molecular formula is C15H21NO. The number of rotatable bonds is 4. The monoisotopic (exact) mass is 231 g/mol. The molecule has 1 aliphatic rings. The molecule has 1 fully saturated rings. The van der Waals surface area contributed by atoms with Gasteiger partial charge in [-0.25, -0.2) is 0 Å². The quantitative estimate of drug-likeness (QED) is 0.860. The summed E-state index contributed by atoms with van der Waals surface area (Å²) in [6.07, 6.45) is 2.80. The molecule has 0 amide bonds. The van der Waals surface area contributed by atoms with Crippen LogP contribution in [0.3, 0.4) is 0 Å². The molecule has 0 bridgehead atoms. The first kappa shape index (κ1) is 12.2. The van der Waals surface area contributed by atoms with Crippen LogP contribution in [0, 0.1) is 5.92 Å². The maximum atomic E-state index is 11.7. The zero-order valence-corrected chi connectivity index (χ0v) is 10.9. The highest BCUT2D eigenvalue weighted by Crippen LogP contribution is 2.31. The van der Waals surface area contributed by atoms with E-state index in [1.165, 1.54) is 0 Å². The average Bonchev–Trinajstić information content (AvgIpc) is 3.02. The molecule has 0 aliphatic heterocycles. The number of Topliss-reactive ketones (excluding diaryl/α,β-unsaturated/α-hetero) is 1. The predicted octanol–water partition coefficient (Wildman–Crippen LogP) is 3.42. The summed E-state index contributed by atoms with van der Waals surface area (Å²) in [4.78, 5) is 11.7. The Morgan fingerprint density at radius 2 is 1.82 bits per heavy atom. The van der Waals surface area contributed by atoms with Gasteiger partial charge in [0.2, 0.25) is 0 Å². The van der Waals surface area contributed by atoms with Crippen LogP contribution in [0.5, 0.6) is 0 Å². The second-order valence-corrected chi connectivity index (χ2v) is 5.99. The van der Waals surface area contributed by atoms with Gasteiger partial charge in [0, 0.05) is 23.6 Å². The minimum Gasteiger partial charge on any atom is -0.380 e. The van der Waals surface area contributed by atoms with E-state index in [1.54, 1.807) is 0 Å². The minimum absolute atomic E-state index is 0.0748. The number of hydrogen-bond acceptors (Lipinski definition) is 2. The van der Waals surface area contributed by atoms with E-state index in [0.717, 1.165) is 24.1 Å². The van der Waals surface area contributed by atoms with Gasteiger partial charge in [-0.1, -0.05) is 12.1 Å². The fourth-order valence-electron chi connectivity index (χ4n) is 1.89. The third kappa shape index (κ3) is 3.88. The van der Waals surface area contributed by atoms with E-state index in [0.29, 0.717) is 18.1 Å². The molecule has 1 aromatic rings. The van der Waals surface area contributed by atoms with E-state index < -0.39 is 0 Å². The summed E-state index contributed by atoms with van der Waals surface area (Å²) in [5.41, 5.74) is 2.31. The smallest absolute Gasteiger partial charge is 0.140 e. The number of benzene rings is 1. The topological polar surface area (TPSA) is 29.1 Å². The largest absolute Gasteiger partial charge is 0.380 e. The molecule has 1 aliphatic carbocycles. The molecule has 2 heteroatoms. The van der Waals surface area contributed by atoms with Crippen LogP contribution in [0.1, 0.15) is 39.2 Å². The number of carbonyl (C=O) groups is 1. The van der Waals surface area contributed by atoms with Crippen molar-refractivity contribution < 1.29 is 4.79 Å². The van der Waals surface area contributed by atoms with Crippen molar-refractivity contribution in [1.82, 2.24) is 0 Å². The molecule has 0 unspecified atom stereocenters. The molecule has 0 aromatic heterocycles. The molecule has 0 heterocycles. The number of nitrogens with one attached hydrogen (secondary N) is 1. The standard InChI is InChI=1S/C15H21NO/c1-15(2,3)16-13-8-4-11(5-9-13)10-14(17)12-6-7-12/h4-5,8-9,12,16H,6-7,10H2,1-3H3. The van der Waals surface area contributed by atoms with Crippen molar-refractivity contribution in [3.8, 4) is 0 Å². The zero-order chi connectivity index (χ0) is 12.5. The first-order valence-corrected chi connectivity index (χ1v) is 6.34. The number of anilines is 1. The van der Waals surface area contributed by atoms with E-state index in [-0.39, 0.29) is 5.54 Å². The van der Waals surface area contributed by atoms with E-state index in [2.05, 4.69) is 38.2 Å². The molecule has 1 saturated carbocycles. The van der Waals surface area contributed by atoms with Gasteiger partial charge in [-0.3, -0.25) is 4.79 Å². The maximum Gasteiger partial charge on any atom is 0.140 e. The Kier molecular flexibility index (Phi) is 3.23. The highest BCUT2D eigenvalue weighted by atomic mass is 16.1. The second kappa shape index (κ2) is 4.52. The van der Waals surface area contributed by atoms with Crippen LogP contribution >= 0.6 is 0 Å². The van der Waals surface area contributed by atoms with Crippen molar-refractivity contribution in [1.29, 1.82) is 0 Å². The maximum absolute atomic E-state index is 11.7. The molecule has 2 nitrogen and oxygen atoms in total. The van der Waals surface area contributed by atoms with Crippen LogP contribution in [0.4, 0.5) is 5.69 Å². The summed E-state index contributed by atoms with van der Waals surface area (Å²) < 4.78 is 0. The Hall–Kier alpha value is -1.31. The van der Waals surface area contributed by atoms with Crippen molar-refractivity contribution in [3.05, 3.63) is 29.8 Å². The van der Waals surface area contributed by atoms with Crippen LogP contribution in [0.25, 0.3) is 0 Å². The molecule has 0 saturated heterocycles. The Balaban J connectivity index is 1.95. The number of hydrogen-bond donors (Lipinski definition) is 1. The zero-order valence-electron chi connectivity index (χ0n) is 10.9. The van der Waals surface area contributed by atoms with E-state index in [9.17, 15) is 4.79 Å². The highest BCUT2D eigenvalue weighted by molar-refractivity contribution is 5.85. The molecule has 17 heavy (non-hydrogen) atoms. The summed E-state index contributed by atoms with van der Waals surface area (Å²) in [6, 6.07) is 8.21. The van der Waals surface area contributed by atoms with Gasteiger partial charge in [0.05, 0.1) is 0 Å². The van der Waals surface area contributed by atoms with Crippen LogP contribution in [-0.4, -0.2) is 11.3 Å². The summed E-state index contributed by atoms with van der Waals surface area (Å²) in [5, 5.41) is 3.41. The van der Waals surface area contributed by atoms with Crippen molar-refractivity contribution in [2.24, 2.45) is 5.92 Å². The first-order valence-electron chi connectivity index (χ1n) is 6.34. The molecule has 1 N–H and O–H groups in total. The fourth-order valence-corrected chi connectivity index (χ4v) is 1.89. The second-order valence-electron chi connectivity index (χ2n) is 5.99. The lowest BCUT2D eigenvalue weighted by Gasteiger charge is -2.22. The van der Waals surface area contributed by atoms with E-state index >= 15 is 0 Å². The van der Waals surface area contributed by atoms with Gasteiger partial charge in [-0.15, -0.1) is 0 Å². The van der Waals surface area contributed by atoms with Gasteiger partial charge in [0.1, 0.15) is 5.78 Å². The summed E-state index contributed by atoms with van der Waals surface area (Å²) in [6.45, 7) is 6.41. The van der Waals surface area contributed by atoms with Gasteiger partial charge >= 0.3 is 0 Å². The van der Waals surface area contributed by atoms with Gasteiger partial charge in [-0.05, 0) is 51.3 Å². The molecular weight excluding hydrogens is 210 g/mol. The van der Waals surface area contributed by atoms with Crippen molar-refractivity contribution >= 4 is 11.5 Å². The Bertz CT molecular complexity index is 396. The molecule has 1 aromatic carbocycles. The first-order chi connectivity index (χ1) is 7.94. The van der Waals surface area contributed by atoms with Crippen LogP contribution in [-0.2, 0) is 11.2 Å². The lowest BCUT2D eigenvalue weighted by Crippen LogP contribution is -2.25. The van der Waals surface area contributed by atoms with Gasteiger partial charge in [0.15, 0.2) is 0 Å². The van der Waals surface area contributed by atoms with E-state index in [4.69, 9.17) is 0 Å². The summed E-state index contributed by atoms with van der Waals surface area (Å²) in [7, 11) is 0. The third-order valence-electron chi connectivity index (χ3n) is 2.88. The van der Waals surface area contributed by atoms with Crippen LogP contribution in [0.2, 0.25) is 0 Å². The Morgan fingerprint density at radius 1 is 1.24 bits per heavy atom. The van der Waals surface area contributed by atoms with Crippen molar-refractivity contribution in [2.45, 2.75) is 45.6 Å². The third-order valence-corrected chi connectivity index (χ3v) is 2.88. The minimum atomic E-state index is 0.0748. The van der Waals surface area contributed by atoms with Gasteiger partial charge in [0.25, 0.3) is 0 Å². The molecule has 0 radical (unpaired) electrons. The molecule has 0 spiro atoms. The Labute approximate surface area is 103 Å². The lowest BCUT2D eigenvalue weighted by molar-refractivity contribution is -0.119. The summed E-state index contributed by atoms with van der Waals surface area (Å²) in [5.74, 6) is 0.768. The SMILES string of the molecule is CC(C)(C)Nc1ccc(CC(=O)C2CC2)cc1. The summed E-state index contributed by atoms with van der Waals surface area (Å²) >= 11 is 0. The lowest BCUT2D eigenvalue weighted by atomic mass is 10.0. The van der Waals surface area contributed by atoms with Crippen LogP contribution < -0.4 is 5.32 Å². The molecule has 0 atom stereocenters.